The highest BCUT2D eigenvalue weighted by molar-refractivity contribution is 6.05. The van der Waals surface area contributed by atoms with E-state index in [1.54, 1.807) is 55.6 Å². The van der Waals surface area contributed by atoms with Gasteiger partial charge < -0.3 is 19.9 Å². The van der Waals surface area contributed by atoms with Crippen LogP contribution in [0.15, 0.2) is 72.8 Å². The summed E-state index contributed by atoms with van der Waals surface area (Å²) in [5, 5.41) is 11.6. The van der Waals surface area contributed by atoms with E-state index in [0.717, 1.165) is 11.1 Å². The van der Waals surface area contributed by atoms with Crippen molar-refractivity contribution in [2.45, 2.75) is 13.0 Å². The fourth-order valence-electron chi connectivity index (χ4n) is 2.74. The molecule has 3 aromatic rings. The minimum atomic E-state index is -0.858. The Morgan fingerprint density at radius 1 is 0.897 bits per heavy atom. The van der Waals surface area contributed by atoms with Crippen molar-refractivity contribution in [3.8, 4) is 11.5 Å². The predicted octanol–water partition coefficient (Wildman–Crippen LogP) is 4.15. The van der Waals surface area contributed by atoms with Crippen molar-refractivity contribution < 1.29 is 24.2 Å². The molecule has 6 nitrogen and oxygen atoms in total. The Kier molecular flexibility index (Phi) is 6.47. The van der Waals surface area contributed by atoms with Crippen molar-refractivity contribution in [2.24, 2.45) is 0 Å². The monoisotopic (exact) mass is 391 g/mol. The van der Waals surface area contributed by atoms with Crippen molar-refractivity contribution >= 4 is 17.6 Å². The van der Waals surface area contributed by atoms with Crippen LogP contribution in [0.2, 0.25) is 0 Å². The molecule has 2 N–H and O–H groups in total. The molecular formula is C23H21NO5. The first-order valence-corrected chi connectivity index (χ1v) is 9.02. The average molecular weight is 391 g/mol. The molecule has 6 heteroatoms. The van der Waals surface area contributed by atoms with Crippen LogP contribution < -0.4 is 14.8 Å². The number of nitrogens with one attached hydrogen (secondary N) is 1. The molecule has 0 saturated heterocycles. The van der Waals surface area contributed by atoms with E-state index >= 15 is 0 Å². The minimum Gasteiger partial charge on any atom is -0.495 e. The molecule has 0 saturated carbocycles. The van der Waals surface area contributed by atoms with Crippen molar-refractivity contribution in [2.75, 3.05) is 12.4 Å². The molecular weight excluding hydrogens is 370 g/mol. The number of benzene rings is 3. The topological polar surface area (TPSA) is 84.9 Å². The van der Waals surface area contributed by atoms with E-state index in [2.05, 4.69) is 5.32 Å². The van der Waals surface area contributed by atoms with Crippen LogP contribution >= 0.6 is 0 Å². The van der Waals surface area contributed by atoms with Crippen LogP contribution in [0, 0.1) is 0 Å². The zero-order chi connectivity index (χ0) is 20.6. The fraction of sp³-hybridized carbons (Fsp3) is 0.130. The maximum atomic E-state index is 12.4. The molecule has 0 heterocycles. The number of carbonyl (C=O) groups excluding carboxylic acids is 1. The lowest BCUT2D eigenvalue weighted by Gasteiger charge is -2.10. The normalized spacial score (nSPS) is 10.2. The molecule has 1 amide bonds. The number of hydrogen-bond donors (Lipinski definition) is 2. The smallest absolute Gasteiger partial charge is 0.307 e. The summed E-state index contributed by atoms with van der Waals surface area (Å²) in [5.41, 5.74) is 2.77. The lowest BCUT2D eigenvalue weighted by atomic mass is 10.1. The Morgan fingerprint density at radius 2 is 1.55 bits per heavy atom. The summed E-state index contributed by atoms with van der Waals surface area (Å²) >= 11 is 0. The Labute approximate surface area is 168 Å². The molecule has 0 unspecified atom stereocenters. The highest BCUT2D eigenvalue weighted by atomic mass is 16.5. The average Bonchev–Trinajstić information content (AvgIpc) is 2.73. The fourth-order valence-corrected chi connectivity index (χ4v) is 2.74. The number of hydrogen-bond acceptors (Lipinski definition) is 4. The standard InChI is InChI=1S/C23H21NO5/c1-28-21-5-3-2-4-20(21)24-23(27)18-10-12-19(13-11-18)29-15-17-8-6-16(7-9-17)14-22(25)26/h2-13H,14-15H2,1H3,(H,24,27)(H,25,26). The number of anilines is 1. The van der Waals surface area contributed by atoms with Gasteiger partial charge in [-0.25, -0.2) is 0 Å². The molecule has 29 heavy (non-hydrogen) atoms. The maximum absolute atomic E-state index is 12.4. The molecule has 0 bridgehead atoms. The molecule has 0 fully saturated rings. The third kappa shape index (κ3) is 5.59. The summed E-state index contributed by atoms with van der Waals surface area (Å²) in [6, 6.07) is 21.3. The summed E-state index contributed by atoms with van der Waals surface area (Å²) in [6.07, 6.45) is -0.000477. The lowest BCUT2D eigenvalue weighted by Crippen LogP contribution is -2.12. The van der Waals surface area contributed by atoms with Crippen LogP contribution in [0.25, 0.3) is 0 Å². The quantitative estimate of drug-likeness (QED) is 0.602. The Bertz CT molecular complexity index is 981. The zero-order valence-corrected chi connectivity index (χ0v) is 15.9. The van der Waals surface area contributed by atoms with Gasteiger partial charge in [-0.05, 0) is 47.5 Å². The second-order valence-corrected chi connectivity index (χ2v) is 6.35. The van der Waals surface area contributed by atoms with Gasteiger partial charge in [0.25, 0.3) is 5.91 Å². The Balaban J connectivity index is 1.57. The van der Waals surface area contributed by atoms with Gasteiger partial charge >= 0.3 is 5.97 Å². The number of aliphatic carboxylic acids is 1. The molecule has 3 rings (SSSR count). The first kappa shape index (κ1) is 19.9. The summed E-state index contributed by atoms with van der Waals surface area (Å²) in [5.74, 6) is 0.127. The molecule has 0 aromatic heterocycles. The molecule has 148 valence electrons. The van der Waals surface area contributed by atoms with Gasteiger partial charge in [0.05, 0.1) is 19.2 Å². The number of amides is 1. The zero-order valence-electron chi connectivity index (χ0n) is 15.9. The maximum Gasteiger partial charge on any atom is 0.307 e. The second-order valence-electron chi connectivity index (χ2n) is 6.35. The number of carbonyl (C=O) groups is 2. The highest BCUT2D eigenvalue weighted by Crippen LogP contribution is 2.24. The van der Waals surface area contributed by atoms with Crippen molar-refractivity contribution in [1.29, 1.82) is 0 Å². The van der Waals surface area contributed by atoms with E-state index in [1.165, 1.54) is 0 Å². The number of ether oxygens (including phenoxy) is 2. The van der Waals surface area contributed by atoms with Gasteiger partial charge in [0.2, 0.25) is 0 Å². The predicted molar refractivity (Wildman–Crippen MR) is 110 cm³/mol. The van der Waals surface area contributed by atoms with Crippen LogP contribution in [0.5, 0.6) is 11.5 Å². The summed E-state index contributed by atoms with van der Waals surface area (Å²) in [7, 11) is 1.55. The molecule has 0 aliphatic carbocycles. The van der Waals surface area contributed by atoms with E-state index in [-0.39, 0.29) is 12.3 Å². The molecule has 0 atom stereocenters. The first-order chi connectivity index (χ1) is 14.0. The second kappa shape index (κ2) is 9.41. The molecule has 3 aromatic carbocycles. The molecule has 0 aliphatic heterocycles. The largest absolute Gasteiger partial charge is 0.495 e. The molecule has 0 radical (unpaired) electrons. The van der Waals surface area contributed by atoms with Gasteiger partial charge in [-0.3, -0.25) is 9.59 Å². The van der Waals surface area contributed by atoms with Gasteiger partial charge in [0, 0.05) is 5.56 Å². The SMILES string of the molecule is COc1ccccc1NC(=O)c1ccc(OCc2ccc(CC(=O)O)cc2)cc1. The Morgan fingerprint density at radius 3 is 2.21 bits per heavy atom. The lowest BCUT2D eigenvalue weighted by molar-refractivity contribution is -0.136. The van der Waals surface area contributed by atoms with Crippen molar-refractivity contribution in [1.82, 2.24) is 0 Å². The summed E-state index contributed by atoms with van der Waals surface area (Å²) in [4.78, 5) is 23.1. The van der Waals surface area contributed by atoms with Crippen LogP contribution in [-0.2, 0) is 17.8 Å². The highest BCUT2D eigenvalue weighted by Gasteiger charge is 2.09. The third-order valence-electron chi connectivity index (χ3n) is 4.26. The van der Waals surface area contributed by atoms with Gasteiger partial charge in [-0.15, -0.1) is 0 Å². The number of carboxylic acid groups (broad SMARTS) is 1. The van der Waals surface area contributed by atoms with Crippen LogP contribution in [0.3, 0.4) is 0 Å². The van der Waals surface area contributed by atoms with Gasteiger partial charge in [-0.1, -0.05) is 36.4 Å². The number of methoxy groups -OCH3 is 1. The summed E-state index contributed by atoms with van der Waals surface area (Å²) < 4.78 is 11.0. The summed E-state index contributed by atoms with van der Waals surface area (Å²) in [6.45, 7) is 0.347. The Hall–Kier alpha value is -3.80. The first-order valence-electron chi connectivity index (χ1n) is 9.02. The van der Waals surface area contributed by atoms with E-state index in [4.69, 9.17) is 14.6 Å². The van der Waals surface area contributed by atoms with E-state index < -0.39 is 5.97 Å². The molecule has 0 spiro atoms. The van der Waals surface area contributed by atoms with Gasteiger partial charge in [0.1, 0.15) is 18.1 Å². The van der Waals surface area contributed by atoms with Crippen LogP contribution in [0.4, 0.5) is 5.69 Å². The van der Waals surface area contributed by atoms with E-state index in [0.29, 0.717) is 29.4 Å². The van der Waals surface area contributed by atoms with Crippen LogP contribution in [-0.4, -0.2) is 24.1 Å². The van der Waals surface area contributed by atoms with Gasteiger partial charge in [-0.2, -0.15) is 0 Å². The van der Waals surface area contributed by atoms with Crippen molar-refractivity contribution in [3.63, 3.8) is 0 Å². The number of rotatable bonds is 8. The third-order valence-corrected chi connectivity index (χ3v) is 4.26. The van der Waals surface area contributed by atoms with Crippen molar-refractivity contribution in [3.05, 3.63) is 89.5 Å². The molecule has 0 aliphatic rings. The number of para-hydroxylation sites is 2. The number of carboxylic acids is 1. The minimum absolute atomic E-state index is 0.000477. The van der Waals surface area contributed by atoms with E-state index in [9.17, 15) is 9.59 Å². The van der Waals surface area contributed by atoms with Gasteiger partial charge in [0.15, 0.2) is 0 Å². The van der Waals surface area contributed by atoms with E-state index in [1.807, 2.05) is 24.3 Å². The van der Waals surface area contributed by atoms with Crippen LogP contribution in [0.1, 0.15) is 21.5 Å².